The van der Waals surface area contributed by atoms with E-state index in [1.165, 1.54) is 19.3 Å². The zero-order valence-corrected chi connectivity index (χ0v) is 6.96. The smallest absolute Gasteiger partial charge is 0.0254 e. The first kappa shape index (κ1) is 7.68. The van der Waals surface area contributed by atoms with E-state index < -0.39 is 0 Å². The van der Waals surface area contributed by atoms with Gasteiger partial charge >= 0.3 is 0 Å². The lowest BCUT2D eigenvalue weighted by Gasteiger charge is -2.12. The topological polar surface area (TPSA) is 0 Å². The second kappa shape index (κ2) is 3.68. The molecular weight excluding hydrogens is 155 g/mol. The first-order valence-electron chi connectivity index (χ1n) is 3.50. The Morgan fingerprint density at radius 2 is 1.44 bits per heavy atom. The maximum atomic E-state index is 5.72. The number of alkyl halides is 2. The van der Waals surface area contributed by atoms with E-state index in [0.29, 0.717) is 11.8 Å². The van der Waals surface area contributed by atoms with Gasteiger partial charge in [0.05, 0.1) is 0 Å². The number of hydrogen-bond donors (Lipinski definition) is 0. The molecule has 2 heteroatoms. The van der Waals surface area contributed by atoms with E-state index in [1.807, 2.05) is 0 Å². The molecule has 0 bridgehead atoms. The van der Waals surface area contributed by atoms with E-state index in [1.54, 1.807) is 0 Å². The van der Waals surface area contributed by atoms with Crippen molar-refractivity contribution in [3.05, 3.63) is 0 Å². The molecule has 54 valence electrons. The molecule has 9 heavy (non-hydrogen) atoms. The lowest BCUT2D eigenvalue weighted by Crippen LogP contribution is -2.10. The van der Waals surface area contributed by atoms with Crippen molar-refractivity contribution in [2.75, 3.05) is 11.8 Å². The third kappa shape index (κ3) is 1.75. The third-order valence-corrected chi connectivity index (χ3v) is 3.01. The van der Waals surface area contributed by atoms with Crippen LogP contribution in [-0.2, 0) is 0 Å². The van der Waals surface area contributed by atoms with Crippen molar-refractivity contribution >= 4 is 23.2 Å². The minimum Gasteiger partial charge on any atom is -0.126 e. The summed E-state index contributed by atoms with van der Waals surface area (Å²) >= 11 is 11.4. The zero-order chi connectivity index (χ0) is 6.69. The van der Waals surface area contributed by atoms with Crippen LogP contribution >= 0.6 is 23.2 Å². The van der Waals surface area contributed by atoms with Crippen LogP contribution in [0.4, 0.5) is 0 Å². The molecule has 1 saturated carbocycles. The standard InChI is InChI=1S/C7H12Cl2/c8-4-6-2-1-3-7(6)5-9/h6-7H,1-5H2/t6-,7-/m0/s1. The fourth-order valence-electron chi connectivity index (χ4n) is 1.52. The zero-order valence-electron chi connectivity index (χ0n) is 5.45. The highest BCUT2D eigenvalue weighted by molar-refractivity contribution is 6.19. The van der Waals surface area contributed by atoms with E-state index in [4.69, 9.17) is 23.2 Å². The predicted molar refractivity (Wildman–Crippen MR) is 42.3 cm³/mol. The Hall–Kier alpha value is 0.580. The lowest BCUT2D eigenvalue weighted by atomic mass is 10.0. The molecule has 0 aromatic carbocycles. The Bertz CT molecular complexity index is 73.0. The number of rotatable bonds is 2. The lowest BCUT2D eigenvalue weighted by molar-refractivity contribution is 0.467. The first-order chi connectivity index (χ1) is 4.38. The normalized spacial score (nSPS) is 35.3. The van der Waals surface area contributed by atoms with Crippen molar-refractivity contribution in [1.29, 1.82) is 0 Å². The van der Waals surface area contributed by atoms with Gasteiger partial charge in [0.15, 0.2) is 0 Å². The van der Waals surface area contributed by atoms with Crippen molar-refractivity contribution in [3.63, 3.8) is 0 Å². The second-order valence-electron chi connectivity index (χ2n) is 2.76. The molecule has 0 nitrogen and oxygen atoms in total. The van der Waals surface area contributed by atoms with Gasteiger partial charge in [-0.15, -0.1) is 23.2 Å². The molecule has 0 unspecified atom stereocenters. The van der Waals surface area contributed by atoms with Gasteiger partial charge in [-0.1, -0.05) is 6.42 Å². The van der Waals surface area contributed by atoms with E-state index in [-0.39, 0.29) is 0 Å². The predicted octanol–water partition coefficient (Wildman–Crippen LogP) is 2.88. The maximum absolute atomic E-state index is 5.72. The first-order valence-corrected chi connectivity index (χ1v) is 4.57. The van der Waals surface area contributed by atoms with Gasteiger partial charge in [0.2, 0.25) is 0 Å². The van der Waals surface area contributed by atoms with E-state index in [0.717, 1.165) is 11.8 Å². The summed E-state index contributed by atoms with van der Waals surface area (Å²) < 4.78 is 0. The molecule has 0 N–H and O–H groups in total. The highest BCUT2D eigenvalue weighted by atomic mass is 35.5. The molecule has 0 aromatic rings. The Morgan fingerprint density at radius 1 is 1.00 bits per heavy atom. The SMILES string of the molecule is ClC[C@@H]1CCC[C@H]1CCl. The molecular formula is C7H12Cl2. The van der Waals surface area contributed by atoms with Gasteiger partial charge in [-0.3, -0.25) is 0 Å². The molecule has 0 saturated heterocycles. The molecule has 0 radical (unpaired) electrons. The van der Waals surface area contributed by atoms with Gasteiger partial charge in [0.25, 0.3) is 0 Å². The average molecular weight is 167 g/mol. The van der Waals surface area contributed by atoms with Crippen molar-refractivity contribution < 1.29 is 0 Å². The molecule has 0 aliphatic heterocycles. The molecule has 0 heterocycles. The van der Waals surface area contributed by atoms with Crippen molar-refractivity contribution in [1.82, 2.24) is 0 Å². The molecule has 1 aliphatic carbocycles. The highest BCUT2D eigenvalue weighted by Crippen LogP contribution is 2.32. The molecule has 1 aliphatic rings. The van der Waals surface area contributed by atoms with Gasteiger partial charge in [-0.25, -0.2) is 0 Å². The van der Waals surface area contributed by atoms with Gasteiger partial charge < -0.3 is 0 Å². The third-order valence-electron chi connectivity index (χ3n) is 2.21. The minimum atomic E-state index is 0.712. The Kier molecular flexibility index (Phi) is 3.14. The highest BCUT2D eigenvalue weighted by Gasteiger charge is 2.24. The molecule has 0 aromatic heterocycles. The monoisotopic (exact) mass is 166 g/mol. The van der Waals surface area contributed by atoms with Gasteiger partial charge in [0.1, 0.15) is 0 Å². The molecule has 0 spiro atoms. The maximum Gasteiger partial charge on any atom is 0.0254 e. The van der Waals surface area contributed by atoms with E-state index >= 15 is 0 Å². The van der Waals surface area contributed by atoms with Crippen LogP contribution < -0.4 is 0 Å². The summed E-state index contributed by atoms with van der Waals surface area (Å²) in [5.74, 6) is 3.03. The van der Waals surface area contributed by atoms with E-state index in [2.05, 4.69) is 0 Å². The minimum absolute atomic E-state index is 0.712. The van der Waals surface area contributed by atoms with Crippen molar-refractivity contribution in [2.24, 2.45) is 11.8 Å². The van der Waals surface area contributed by atoms with Gasteiger partial charge in [-0.2, -0.15) is 0 Å². The van der Waals surface area contributed by atoms with Crippen LogP contribution in [0.3, 0.4) is 0 Å². The Balaban J connectivity index is 2.32. The van der Waals surface area contributed by atoms with Crippen LogP contribution in [-0.4, -0.2) is 11.8 Å². The Labute approximate surface area is 66.5 Å². The summed E-state index contributed by atoms with van der Waals surface area (Å²) in [5.41, 5.74) is 0. The molecule has 1 rings (SSSR count). The van der Waals surface area contributed by atoms with Crippen LogP contribution in [0.25, 0.3) is 0 Å². The van der Waals surface area contributed by atoms with Gasteiger partial charge in [-0.05, 0) is 24.7 Å². The Morgan fingerprint density at radius 3 is 1.78 bits per heavy atom. The fraction of sp³-hybridized carbons (Fsp3) is 1.00. The fourth-order valence-corrected chi connectivity index (χ4v) is 2.33. The van der Waals surface area contributed by atoms with Crippen LogP contribution in [0, 0.1) is 11.8 Å². The summed E-state index contributed by atoms with van der Waals surface area (Å²) in [7, 11) is 0. The van der Waals surface area contributed by atoms with Crippen LogP contribution in [0.2, 0.25) is 0 Å². The summed E-state index contributed by atoms with van der Waals surface area (Å²) in [6.07, 6.45) is 3.91. The summed E-state index contributed by atoms with van der Waals surface area (Å²) in [6.45, 7) is 0. The average Bonchev–Trinajstić information content (AvgIpc) is 2.33. The summed E-state index contributed by atoms with van der Waals surface area (Å²) in [6, 6.07) is 0. The van der Waals surface area contributed by atoms with Crippen LogP contribution in [0.15, 0.2) is 0 Å². The number of halogens is 2. The van der Waals surface area contributed by atoms with Crippen LogP contribution in [0.5, 0.6) is 0 Å². The molecule has 2 atom stereocenters. The van der Waals surface area contributed by atoms with E-state index in [9.17, 15) is 0 Å². The van der Waals surface area contributed by atoms with Crippen molar-refractivity contribution in [2.45, 2.75) is 19.3 Å². The van der Waals surface area contributed by atoms with Crippen LogP contribution in [0.1, 0.15) is 19.3 Å². The number of hydrogen-bond acceptors (Lipinski definition) is 0. The quantitative estimate of drug-likeness (QED) is 0.554. The second-order valence-corrected chi connectivity index (χ2v) is 3.38. The van der Waals surface area contributed by atoms with Crippen molar-refractivity contribution in [3.8, 4) is 0 Å². The van der Waals surface area contributed by atoms with Gasteiger partial charge in [0, 0.05) is 11.8 Å². The molecule has 0 amide bonds. The summed E-state index contributed by atoms with van der Waals surface area (Å²) in [5, 5.41) is 0. The largest absolute Gasteiger partial charge is 0.126 e. The molecule has 1 fully saturated rings. The summed E-state index contributed by atoms with van der Waals surface area (Å²) in [4.78, 5) is 0.